The summed E-state index contributed by atoms with van der Waals surface area (Å²) in [5.41, 5.74) is 0.920. The van der Waals surface area contributed by atoms with Crippen molar-refractivity contribution in [1.82, 2.24) is 4.90 Å². The molecule has 3 nitrogen and oxygen atoms in total. The Labute approximate surface area is 131 Å². The zero-order valence-corrected chi connectivity index (χ0v) is 13.4. The molecule has 110 valence electrons. The molecule has 5 heteroatoms. The Hall–Kier alpha value is -1.88. The van der Waals surface area contributed by atoms with Crippen LogP contribution >= 0.6 is 15.9 Å². The van der Waals surface area contributed by atoms with Crippen molar-refractivity contribution in [2.45, 2.75) is 6.54 Å². The van der Waals surface area contributed by atoms with E-state index in [-0.39, 0.29) is 11.5 Å². The average molecular weight is 352 g/mol. The van der Waals surface area contributed by atoms with E-state index in [1.807, 2.05) is 24.3 Å². The normalized spacial score (nSPS) is 10.3. The van der Waals surface area contributed by atoms with E-state index in [2.05, 4.69) is 15.9 Å². The predicted molar refractivity (Wildman–Crippen MR) is 82.9 cm³/mol. The third-order valence-corrected chi connectivity index (χ3v) is 3.60. The topological polar surface area (TPSA) is 29.5 Å². The molecule has 0 atom stereocenters. The molecule has 0 spiro atoms. The summed E-state index contributed by atoms with van der Waals surface area (Å²) in [4.78, 5) is 13.8. The molecule has 0 aliphatic carbocycles. The largest absolute Gasteiger partial charge is 0.496 e. The molecule has 2 aromatic carbocycles. The van der Waals surface area contributed by atoms with Gasteiger partial charge in [-0.15, -0.1) is 0 Å². The molecule has 2 rings (SSSR count). The highest BCUT2D eigenvalue weighted by Crippen LogP contribution is 2.21. The first-order valence-corrected chi connectivity index (χ1v) is 7.14. The smallest absolute Gasteiger partial charge is 0.256 e. The maximum Gasteiger partial charge on any atom is 0.256 e. The molecule has 0 saturated heterocycles. The van der Waals surface area contributed by atoms with Crippen LogP contribution in [0, 0.1) is 5.82 Å². The van der Waals surface area contributed by atoms with Gasteiger partial charge in [0.25, 0.3) is 5.91 Å². The third kappa shape index (κ3) is 3.61. The van der Waals surface area contributed by atoms with Gasteiger partial charge in [0.05, 0.1) is 12.7 Å². The second-order valence-electron chi connectivity index (χ2n) is 4.60. The van der Waals surface area contributed by atoms with Crippen molar-refractivity contribution in [2.75, 3.05) is 14.2 Å². The van der Waals surface area contributed by atoms with Crippen LogP contribution in [-0.4, -0.2) is 25.0 Å². The first-order valence-electron chi connectivity index (χ1n) is 6.35. The van der Waals surface area contributed by atoms with Crippen LogP contribution in [0.1, 0.15) is 15.9 Å². The summed E-state index contributed by atoms with van der Waals surface area (Å²) in [6.45, 7) is 0.346. The van der Waals surface area contributed by atoms with E-state index in [0.29, 0.717) is 16.8 Å². The van der Waals surface area contributed by atoms with Gasteiger partial charge in [0.1, 0.15) is 11.6 Å². The van der Waals surface area contributed by atoms with Crippen LogP contribution in [0.5, 0.6) is 5.75 Å². The molecule has 0 radical (unpaired) electrons. The van der Waals surface area contributed by atoms with Crippen molar-refractivity contribution in [1.29, 1.82) is 0 Å². The zero-order valence-electron chi connectivity index (χ0n) is 11.8. The van der Waals surface area contributed by atoms with Crippen LogP contribution < -0.4 is 4.74 Å². The van der Waals surface area contributed by atoms with E-state index in [4.69, 9.17) is 4.74 Å². The van der Waals surface area contributed by atoms with E-state index in [9.17, 15) is 9.18 Å². The summed E-state index contributed by atoms with van der Waals surface area (Å²) in [6, 6.07) is 11.8. The Morgan fingerprint density at radius 2 is 2.00 bits per heavy atom. The van der Waals surface area contributed by atoms with Crippen molar-refractivity contribution < 1.29 is 13.9 Å². The molecule has 0 aromatic heterocycles. The Morgan fingerprint density at radius 3 is 2.67 bits per heavy atom. The molecule has 0 saturated carbocycles. The maximum absolute atomic E-state index is 13.8. The van der Waals surface area contributed by atoms with E-state index in [1.54, 1.807) is 20.2 Å². The first kappa shape index (κ1) is 15.5. The fourth-order valence-electron chi connectivity index (χ4n) is 2.03. The number of carbonyl (C=O) groups excluding carboxylic acids is 1. The van der Waals surface area contributed by atoms with Crippen molar-refractivity contribution in [3.8, 4) is 5.75 Å². The van der Waals surface area contributed by atoms with Crippen molar-refractivity contribution in [3.05, 3.63) is 63.9 Å². The molecule has 1 amide bonds. The number of ether oxygens (including phenoxy) is 1. The summed E-state index contributed by atoms with van der Waals surface area (Å²) < 4.78 is 19.7. The molecular formula is C16H15BrFNO2. The lowest BCUT2D eigenvalue weighted by Crippen LogP contribution is -2.27. The van der Waals surface area contributed by atoms with Gasteiger partial charge >= 0.3 is 0 Å². The van der Waals surface area contributed by atoms with Gasteiger partial charge in [-0.25, -0.2) is 4.39 Å². The minimum absolute atomic E-state index is 0.0515. The Morgan fingerprint density at radius 1 is 1.29 bits per heavy atom. The number of carbonyl (C=O) groups is 1. The number of para-hydroxylation sites is 1. The number of halogens is 2. The van der Waals surface area contributed by atoms with E-state index < -0.39 is 5.82 Å². The fraction of sp³-hybridized carbons (Fsp3) is 0.188. The summed E-state index contributed by atoms with van der Waals surface area (Å²) >= 11 is 3.17. The molecule has 0 bridgehead atoms. The minimum atomic E-state index is -0.541. The van der Waals surface area contributed by atoms with Gasteiger partial charge in [0.15, 0.2) is 0 Å². The second kappa shape index (κ2) is 6.72. The molecule has 2 aromatic rings. The predicted octanol–water partition coefficient (Wildman–Crippen LogP) is 3.87. The van der Waals surface area contributed by atoms with Gasteiger partial charge in [0.2, 0.25) is 0 Å². The second-order valence-corrected chi connectivity index (χ2v) is 5.51. The van der Waals surface area contributed by atoms with Crippen LogP contribution in [0.15, 0.2) is 46.9 Å². The molecule has 0 heterocycles. The van der Waals surface area contributed by atoms with Gasteiger partial charge in [0, 0.05) is 23.6 Å². The fourth-order valence-corrected chi connectivity index (χ4v) is 2.36. The van der Waals surface area contributed by atoms with Crippen LogP contribution in [0.25, 0.3) is 0 Å². The SMILES string of the molecule is COc1ccccc1CN(C)C(=O)c1ccc(Br)cc1F. The van der Waals surface area contributed by atoms with Crippen LogP contribution in [0.4, 0.5) is 4.39 Å². The highest BCUT2D eigenvalue weighted by molar-refractivity contribution is 9.10. The minimum Gasteiger partial charge on any atom is -0.496 e. The van der Waals surface area contributed by atoms with Gasteiger partial charge in [-0.3, -0.25) is 4.79 Å². The number of rotatable bonds is 4. The van der Waals surface area contributed by atoms with Gasteiger partial charge in [-0.1, -0.05) is 34.1 Å². The van der Waals surface area contributed by atoms with Gasteiger partial charge in [-0.2, -0.15) is 0 Å². The number of hydrogen-bond donors (Lipinski definition) is 0. The van der Waals surface area contributed by atoms with Gasteiger partial charge in [-0.05, 0) is 24.3 Å². The van der Waals surface area contributed by atoms with Crippen molar-refractivity contribution >= 4 is 21.8 Å². The standard InChI is InChI=1S/C16H15BrFNO2/c1-19(10-11-5-3-4-6-15(11)21-2)16(20)13-8-7-12(17)9-14(13)18/h3-9H,10H2,1-2H3. The number of nitrogens with zero attached hydrogens (tertiary/aromatic N) is 1. The number of methoxy groups -OCH3 is 1. The maximum atomic E-state index is 13.8. The van der Waals surface area contributed by atoms with Gasteiger partial charge < -0.3 is 9.64 Å². The molecule has 0 N–H and O–H groups in total. The molecule has 0 aliphatic heterocycles. The van der Waals surface area contributed by atoms with Crippen molar-refractivity contribution in [2.24, 2.45) is 0 Å². The lowest BCUT2D eigenvalue weighted by Gasteiger charge is -2.19. The molecule has 0 fully saturated rings. The lowest BCUT2D eigenvalue weighted by molar-refractivity contribution is 0.0779. The lowest BCUT2D eigenvalue weighted by atomic mass is 10.1. The summed E-state index contributed by atoms with van der Waals surface area (Å²) in [6.07, 6.45) is 0. The highest BCUT2D eigenvalue weighted by atomic mass is 79.9. The average Bonchev–Trinajstić information content (AvgIpc) is 2.47. The monoisotopic (exact) mass is 351 g/mol. The summed E-state index contributed by atoms with van der Waals surface area (Å²) in [5, 5.41) is 0. The highest BCUT2D eigenvalue weighted by Gasteiger charge is 2.17. The Bertz CT molecular complexity index is 660. The van der Waals surface area contributed by atoms with Crippen LogP contribution in [-0.2, 0) is 6.54 Å². The van der Waals surface area contributed by atoms with E-state index in [0.717, 1.165) is 5.56 Å². The third-order valence-electron chi connectivity index (χ3n) is 3.11. The number of hydrogen-bond acceptors (Lipinski definition) is 2. The zero-order chi connectivity index (χ0) is 15.4. The molecule has 0 unspecified atom stereocenters. The van der Waals surface area contributed by atoms with Crippen molar-refractivity contribution in [3.63, 3.8) is 0 Å². The molecular weight excluding hydrogens is 337 g/mol. The Kier molecular flexibility index (Phi) is 4.96. The molecule has 21 heavy (non-hydrogen) atoms. The van der Waals surface area contributed by atoms with Crippen LogP contribution in [0.2, 0.25) is 0 Å². The number of benzene rings is 2. The first-order chi connectivity index (χ1) is 10.0. The number of amides is 1. The van der Waals surface area contributed by atoms with E-state index in [1.165, 1.54) is 17.0 Å². The summed E-state index contributed by atoms with van der Waals surface area (Å²) in [5.74, 6) is -0.208. The Balaban J connectivity index is 2.19. The van der Waals surface area contributed by atoms with E-state index >= 15 is 0 Å². The summed E-state index contributed by atoms with van der Waals surface area (Å²) in [7, 11) is 3.21. The molecule has 0 aliphatic rings. The van der Waals surface area contributed by atoms with Crippen LogP contribution in [0.3, 0.4) is 0 Å². The quantitative estimate of drug-likeness (QED) is 0.836.